The minimum atomic E-state index is -0.0295. The first-order valence-electron chi connectivity index (χ1n) is 9.02. The molecule has 158 valence electrons. The molecule has 0 radical (unpaired) electrons. The fourth-order valence-electron chi connectivity index (χ4n) is 2.41. The predicted molar refractivity (Wildman–Crippen MR) is 129 cm³/mol. The Balaban J connectivity index is 0.00000420. The van der Waals surface area contributed by atoms with Crippen LogP contribution in [0, 0.1) is 0 Å². The fraction of sp³-hybridized carbons (Fsp3) is 0.333. The van der Waals surface area contributed by atoms with Gasteiger partial charge in [0, 0.05) is 19.1 Å². The van der Waals surface area contributed by atoms with Crippen molar-refractivity contribution in [2.75, 3.05) is 27.7 Å². The van der Waals surface area contributed by atoms with E-state index in [0.717, 1.165) is 16.9 Å². The molecule has 6 nitrogen and oxygen atoms in total. The minimum Gasteiger partial charge on any atom is -0.497 e. The van der Waals surface area contributed by atoms with Crippen molar-refractivity contribution in [1.82, 2.24) is 15.5 Å². The van der Waals surface area contributed by atoms with Gasteiger partial charge in [-0.05, 0) is 42.3 Å². The molecule has 8 heteroatoms. The lowest BCUT2D eigenvalue weighted by Crippen LogP contribution is -2.43. The van der Waals surface area contributed by atoms with E-state index >= 15 is 0 Å². The summed E-state index contributed by atoms with van der Waals surface area (Å²) >= 11 is 5.97. The van der Waals surface area contributed by atoms with Gasteiger partial charge < -0.3 is 20.3 Å². The van der Waals surface area contributed by atoms with Crippen molar-refractivity contribution in [3.8, 4) is 5.75 Å². The normalized spacial score (nSPS) is 11.8. The number of hydrogen-bond donors (Lipinski definition) is 2. The van der Waals surface area contributed by atoms with Gasteiger partial charge in [0.1, 0.15) is 5.75 Å². The van der Waals surface area contributed by atoms with Gasteiger partial charge in [0.15, 0.2) is 5.96 Å². The van der Waals surface area contributed by atoms with Crippen molar-refractivity contribution in [2.45, 2.75) is 19.5 Å². The van der Waals surface area contributed by atoms with Crippen molar-refractivity contribution in [2.24, 2.45) is 4.99 Å². The van der Waals surface area contributed by atoms with E-state index < -0.39 is 0 Å². The molecule has 1 atom stereocenters. The Morgan fingerprint density at radius 3 is 2.31 bits per heavy atom. The fourth-order valence-corrected chi connectivity index (χ4v) is 2.54. The number of carbonyl (C=O) groups excluding carboxylic acids is 1. The van der Waals surface area contributed by atoms with E-state index in [1.165, 1.54) is 4.90 Å². The molecule has 0 saturated heterocycles. The molecule has 2 aromatic carbocycles. The van der Waals surface area contributed by atoms with Crippen LogP contribution in [0.25, 0.3) is 0 Å². The van der Waals surface area contributed by atoms with E-state index in [4.69, 9.17) is 16.3 Å². The molecule has 2 rings (SSSR count). The summed E-state index contributed by atoms with van der Waals surface area (Å²) in [6, 6.07) is 15.4. The van der Waals surface area contributed by atoms with E-state index in [1.54, 1.807) is 21.2 Å². The molecule has 0 saturated carbocycles. The van der Waals surface area contributed by atoms with E-state index in [0.29, 0.717) is 17.5 Å². The monoisotopic (exact) mass is 530 g/mol. The predicted octanol–water partition coefficient (Wildman–Crippen LogP) is 3.85. The number of aliphatic imine (C=N–C) groups is 1. The minimum absolute atomic E-state index is 0. The lowest BCUT2D eigenvalue weighted by atomic mass is 10.1. The van der Waals surface area contributed by atoms with Gasteiger partial charge in [-0.25, -0.2) is 4.99 Å². The summed E-state index contributed by atoms with van der Waals surface area (Å²) < 4.78 is 5.18. The topological polar surface area (TPSA) is 66.0 Å². The van der Waals surface area contributed by atoms with Crippen LogP contribution in [0.2, 0.25) is 5.02 Å². The van der Waals surface area contributed by atoms with Crippen molar-refractivity contribution >= 4 is 47.4 Å². The molecule has 0 heterocycles. The number of halogens is 2. The number of carbonyl (C=O) groups is 1. The van der Waals surface area contributed by atoms with Gasteiger partial charge in [-0.1, -0.05) is 35.9 Å². The SMILES string of the molecule is COc1ccc(CN=C(NCC(=O)N(C)C)NC(C)c2ccc(Cl)cc2)cc1.I. The first-order chi connectivity index (χ1) is 13.4. The molecule has 1 amide bonds. The van der Waals surface area contributed by atoms with E-state index in [-0.39, 0.29) is 42.5 Å². The zero-order chi connectivity index (χ0) is 20.5. The number of likely N-dealkylation sites (N-methyl/N-ethyl adjacent to an activating group) is 1. The van der Waals surface area contributed by atoms with Gasteiger partial charge in [-0.2, -0.15) is 0 Å². The Morgan fingerprint density at radius 2 is 1.76 bits per heavy atom. The van der Waals surface area contributed by atoms with E-state index in [9.17, 15) is 4.79 Å². The first kappa shape index (κ1) is 25.0. The highest BCUT2D eigenvalue weighted by atomic mass is 127. The number of nitrogens with one attached hydrogen (secondary N) is 2. The van der Waals surface area contributed by atoms with Crippen molar-refractivity contribution in [3.63, 3.8) is 0 Å². The number of ether oxygens (including phenoxy) is 1. The largest absolute Gasteiger partial charge is 0.497 e. The molecule has 0 aliphatic heterocycles. The summed E-state index contributed by atoms with van der Waals surface area (Å²) in [5.41, 5.74) is 2.11. The number of methoxy groups -OCH3 is 1. The van der Waals surface area contributed by atoms with Crippen molar-refractivity contribution < 1.29 is 9.53 Å². The third-order valence-corrected chi connectivity index (χ3v) is 4.46. The Kier molecular flexibility index (Phi) is 10.8. The first-order valence-corrected chi connectivity index (χ1v) is 9.40. The van der Waals surface area contributed by atoms with Gasteiger partial charge in [-0.3, -0.25) is 4.79 Å². The van der Waals surface area contributed by atoms with Crippen LogP contribution in [0.1, 0.15) is 24.1 Å². The zero-order valence-electron chi connectivity index (χ0n) is 17.1. The van der Waals surface area contributed by atoms with Gasteiger partial charge in [0.2, 0.25) is 5.91 Å². The molecular weight excluding hydrogens is 503 g/mol. The second-order valence-electron chi connectivity index (χ2n) is 6.57. The standard InChI is InChI=1S/C21H27ClN4O2.HI/c1-15(17-7-9-18(22)10-8-17)25-21(24-14-20(27)26(2)3)23-13-16-5-11-19(28-4)12-6-16;/h5-12,15H,13-14H2,1-4H3,(H2,23,24,25);1H. The molecule has 29 heavy (non-hydrogen) atoms. The summed E-state index contributed by atoms with van der Waals surface area (Å²) in [6.07, 6.45) is 0. The molecule has 0 aromatic heterocycles. The Hall–Kier alpha value is -2.00. The van der Waals surface area contributed by atoms with Crippen molar-refractivity contribution in [1.29, 1.82) is 0 Å². The molecule has 0 spiro atoms. The lowest BCUT2D eigenvalue weighted by Gasteiger charge is -2.19. The number of nitrogens with zero attached hydrogens (tertiary/aromatic N) is 2. The number of rotatable bonds is 7. The van der Waals surface area contributed by atoms with E-state index in [1.807, 2.05) is 55.5 Å². The molecule has 2 N–H and O–H groups in total. The molecule has 0 aliphatic carbocycles. The Bertz CT molecular complexity index is 795. The third kappa shape index (κ3) is 8.49. The molecule has 1 unspecified atom stereocenters. The third-order valence-electron chi connectivity index (χ3n) is 4.21. The number of hydrogen-bond acceptors (Lipinski definition) is 3. The molecular formula is C21H28ClIN4O2. The Morgan fingerprint density at radius 1 is 1.14 bits per heavy atom. The van der Waals surface area contributed by atoms with Crippen molar-refractivity contribution in [3.05, 3.63) is 64.7 Å². The summed E-state index contributed by atoms with van der Waals surface area (Å²) in [5.74, 6) is 1.34. The van der Waals surface area contributed by atoms with Crippen LogP contribution in [0.15, 0.2) is 53.5 Å². The molecule has 2 aromatic rings. The number of amides is 1. The quantitative estimate of drug-likeness (QED) is 0.324. The van der Waals surface area contributed by atoms with E-state index in [2.05, 4.69) is 15.6 Å². The van der Waals surface area contributed by atoms with Crippen LogP contribution in [0.3, 0.4) is 0 Å². The highest BCUT2D eigenvalue weighted by molar-refractivity contribution is 14.0. The zero-order valence-corrected chi connectivity index (χ0v) is 20.2. The lowest BCUT2D eigenvalue weighted by molar-refractivity contribution is -0.127. The van der Waals surface area contributed by atoms with Crippen LogP contribution in [-0.2, 0) is 11.3 Å². The maximum Gasteiger partial charge on any atom is 0.241 e. The maximum absolute atomic E-state index is 11.9. The molecule has 0 aliphatic rings. The smallest absolute Gasteiger partial charge is 0.241 e. The van der Waals surface area contributed by atoms with Crippen LogP contribution >= 0.6 is 35.6 Å². The van der Waals surface area contributed by atoms with Gasteiger partial charge in [-0.15, -0.1) is 24.0 Å². The van der Waals surface area contributed by atoms with Gasteiger partial charge in [0.05, 0.1) is 26.2 Å². The number of guanidine groups is 1. The summed E-state index contributed by atoms with van der Waals surface area (Å²) in [4.78, 5) is 18.1. The average molecular weight is 531 g/mol. The summed E-state index contributed by atoms with van der Waals surface area (Å²) in [5, 5.41) is 7.14. The van der Waals surface area contributed by atoms with Crippen LogP contribution in [-0.4, -0.2) is 44.5 Å². The second kappa shape index (κ2) is 12.5. The number of benzene rings is 2. The van der Waals surface area contributed by atoms with Crippen LogP contribution in [0.5, 0.6) is 5.75 Å². The van der Waals surface area contributed by atoms with Crippen LogP contribution in [0.4, 0.5) is 0 Å². The van der Waals surface area contributed by atoms with Crippen LogP contribution < -0.4 is 15.4 Å². The Labute approximate surface area is 194 Å². The highest BCUT2D eigenvalue weighted by Crippen LogP contribution is 2.16. The second-order valence-corrected chi connectivity index (χ2v) is 7.01. The molecule has 0 bridgehead atoms. The highest BCUT2D eigenvalue weighted by Gasteiger charge is 2.10. The van der Waals surface area contributed by atoms with Gasteiger partial charge in [0.25, 0.3) is 0 Å². The average Bonchev–Trinajstić information content (AvgIpc) is 2.70. The summed E-state index contributed by atoms with van der Waals surface area (Å²) in [7, 11) is 5.09. The summed E-state index contributed by atoms with van der Waals surface area (Å²) in [6.45, 7) is 2.67. The maximum atomic E-state index is 11.9. The molecule has 0 fully saturated rings. The van der Waals surface area contributed by atoms with Gasteiger partial charge >= 0.3 is 0 Å².